The molecule has 0 fully saturated rings. The lowest BCUT2D eigenvalue weighted by Gasteiger charge is -2.12. The Labute approximate surface area is 134 Å². The lowest BCUT2D eigenvalue weighted by molar-refractivity contribution is 0.262. The molecule has 0 saturated heterocycles. The first-order valence-electron chi connectivity index (χ1n) is 7.52. The molecule has 3 aromatic carbocycles. The largest absolute Gasteiger partial charge is 0.396 e. The van der Waals surface area contributed by atoms with Gasteiger partial charge in [-0.2, -0.15) is 0 Å². The highest BCUT2D eigenvalue weighted by Crippen LogP contribution is 2.23. The monoisotopic (exact) mass is 306 g/mol. The number of anilines is 2. The van der Waals surface area contributed by atoms with Gasteiger partial charge < -0.3 is 15.7 Å². The van der Waals surface area contributed by atoms with Crippen molar-refractivity contribution in [2.24, 2.45) is 0 Å². The highest BCUT2D eigenvalue weighted by atomic mass is 16.3. The van der Waals surface area contributed by atoms with Crippen molar-refractivity contribution in [1.82, 2.24) is 0 Å². The third kappa shape index (κ3) is 3.49. The quantitative estimate of drug-likeness (QED) is 0.682. The Hall–Kier alpha value is -2.85. The minimum Gasteiger partial charge on any atom is -0.396 e. The van der Waals surface area contributed by atoms with Crippen LogP contribution in [-0.2, 0) is 6.42 Å². The Morgan fingerprint density at radius 1 is 0.826 bits per heavy atom. The fraction of sp³-hybridized carbons (Fsp3) is 0.105. The average molecular weight is 306 g/mol. The first kappa shape index (κ1) is 15.1. The van der Waals surface area contributed by atoms with E-state index in [1.165, 1.54) is 0 Å². The second-order valence-electron chi connectivity index (χ2n) is 5.24. The number of rotatable bonds is 4. The topological polar surface area (TPSA) is 61.4 Å². The Morgan fingerprint density at radius 2 is 1.48 bits per heavy atom. The van der Waals surface area contributed by atoms with Crippen molar-refractivity contribution in [2.75, 3.05) is 17.2 Å². The zero-order valence-electron chi connectivity index (χ0n) is 12.6. The summed E-state index contributed by atoms with van der Waals surface area (Å²) in [5, 5.41) is 16.9. The van der Waals surface area contributed by atoms with Gasteiger partial charge in [0.1, 0.15) is 0 Å². The van der Waals surface area contributed by atoms with E-state index in [9.17, 15) is 4.79 Å². The Morgan fingerprint density at radius 3 is 2.35 bits per heavy atom. The second-order valence-corrected chi connectivity index (χ2v) is 5.24. The number of fused-ring (bicyclic) bond motifs is 1. The van der Waals surface area contributed by atoms with Crippen molar-refractivity contribution in [2.45, 2.75) is 6.42 Å². The van der Waals surface area contributed by atoms with Gasteiger partial charge in [-0.05, 0) is 29.5 Å². The van der Waals surface area contributed by atoms with Gasteiger partial charge >= 0.3 is 6.03 Å². The second kappa shape index (κ2) is 6.94. The van der Waals surface area contributed by atoms with Crippen molar-refractivity contribution in [3.63, 3.8) is 0 Å². The van der Waals surface area contributed by atoms with E-state index in [1.54, 1.807) is 0 Å². The van der Waals surface area contributed by atoms with Crippen LogP contribution < -0.4 is 10.6 Å². The maximum atomic E-state index is 12.3. The van der Waals surface area contributed by atoms with Crippen LogP contribution in [0.5, 0.6) is 0 Å². The molecule has 0 unspecified atom stereocenters. The van der Waals surface area contributed by atoms with Gasteiger partial charge in [-0.15, -0.1) is 0 Å². The molecule has 0 aliphatic carbocycles. The molecule has 4 heteroatoms. The predicted molar refractivity (Wildman–Crippen MR) is 93.8 cm³/mol. The summed E-state index contributed by atoms with van der Waals surface area (Å²) in [5.74, 6) is 0. The van der Waals surface area contributed by atoms with Crippen LogP contribution in [0, 0.1) is 0 Å². The van der Waals surface area contributed by atoms with Gasteiger partial charge in [-0.25, -0.2) is 4.79 Å². The van der Waals surface area contributed by atoms with E-state index in [1.807, 2.05) is 66.7 Å². The van der Waals surface area contributed by atoms with Gasteiger partial charge in [0.25, 0.3) is 0 Å². The van der Waals surface area contributed by atoms with Crippen LogP contribution in [0.25, 0.3) is 10.8 Å². The van der Waals surface area contributed by atoms with E-state index < -0.39 is 0 Å². The molecule has 0 aliphatic rings. The van der Waals surface area contributed by atoms with Crippen molar-refractivity contribution in [3.05, 3.63) is 72.3 Å². The van der Waals surface area contributed by atoms with Crippen LogP contribution in [-0.4, -0.2) is 17.7 Å². The maximum Gasteiger partial charge on any atom is 0.323 e. The van der Waals surface area contributed by atoms with E-state index in [0.717, 1.165) is 22.0 Å². The molecule has 0 heterocycles. The Kier molecular flexibility index (Phi) is 4.54. The summed E-state index contributed by atoms with van der Waals surface area (Å²) in [4.78, 5) is 12.3. The number of nitrogens with one attached hydrogen (secondary N) is 2. The number of amides is 2. The number of urea groups is 1. The average Bonchev–Trinajstić information content (AvgIpc) is 2.57. The van der Waals surface area contributed by atoms with Gasteiger partial charge in [0.15, 0.2) is 0 Å². The normalized spacial score (nSPS) is 10.5. The van der Waals surface area contributed by atoms with Crippen molar-refractivity contribution < 1.29 is 9.90 Å². The molecule has 3 rings (SSSR count). The van der Waals surface area contributed by atoms with E-state index >= 15 is 0 Å². The first-order chi connectivity index (χ1) is 11.3. The minimum absolute atomic E-state index is 0.0453. The lowest BCUT2D eigenvalue weighted by Crippen LogP contribution is -2.20. The van der Waals surface area contributed by atoms with Crippen LogP contribution in [0.4, 0.5) is 16.2 Å². The molecule has 116 valence electrons. The van der Waals surface area contributed by atoms with E-state index in [2.05, 4.69) is 10.6 Å². The maximum absolute atomic E-state index is 12.3. The molecule has 23 heavy (non-hydrogen) atoms. The Balaban J connectivity index is 1.79. The van der Waals surface area contributed by atoms with Crippen LogP contribution in [0.1, 0.15) is 5.56 Å². The molecule has 3 aromatic rings. The fourth-order valence-corrected chi connectivity index (χ4v) is 2.59. The summed E-state index contributed by atoms with van der Waals surface area (Å²) >= 11 is 0. The third-order valence-electron chi connectivity index (χ3n) is 3.68. The third-order valence-corrected chi connectivity index (χ3v) is 3.68. The molecule has 4 nitrogen and oxygen atoms in total. The smallest absolute Gasteiger partial charge is 0.323 e. The number of para-hydroxylation sites is 1. The van der Waals surface area contributed by atoms with Gasteiger partial charge in [0.05, 0.1) is 5.69 Å². The van der Waals surface area contributed by atoms with Gasteiger partial charge in [0.2, 0.25) is 0 Å². The summed E-state index contributed by atoms with van der Waals surface area (Å²) in [6, 6.07) is 20.9. The van der Waals surface area contributed by atoms with Crippen LogP contribution in [0.15, 0.2) is 66.7 Å². The zero-order valence-corrected chi connectivity index (χ0v) is 12.6. The molecule has 2 amide bonds. The predicted octanol–water partition coefficient (Wildman–Crippen LogP) is 4.02. The highest BCUT2D eigenvalue weighted by molar-refractivity contribution is 6.06. The zero-order chi connectivity index (χ0) is 16.1. The van der Waals surface area contributed by atoms with Crippen molar-refractivity contribution >= 4 is 28.2 Å². The molecule has 0 aromatic heterocycles. The summed E-state index contributed by atoms with van der Waals surface area (Å²) in [7, 11) is 0. The molecule has 0 radical (unpaired) electrons. The lowest BCUT2D eigenvalue weighted by atomic mass is 10.1. The summed E-state index contributed by atoms with van der Waals surface area (Å²) in [6.45, 7) is 0.0453. The van der Waals surface area contributed by atoms with E-state index in [-0.39, 0.29) is 12.6 Å². The van der Waals surface area contributed by atoms with Crippen LogP contribution in [0.3, 0.4) is 0 Å². The molecule has 0 saturated carbocycles. The molecule has 0 spiro atoms. The SMILES string of the molecule is O=C(Nc1ccccc1CCO)Nc1cccc2ccccc12. The van der Waals surface area contributed by atoms with E-state index in [4.69, 9.17) is 5.11 Å². The number of aliphatic hydroxyl groups is 1. The summed E-state index contributed by atoms with van der Waals surface area (Å²) in [5.41, 5.74) is 2.38. The molecule has 3 N–H and O–H groups in total. The van der Waals surface area contributed by atoms with Gasteiger partial charge in [0, 0.05) is 17.7 Å². The molecule has 0 atom stereocenters. The number of carbonyl (C=O) groups excluding carboxylic acids is 1. The molecular formula is C19H18N2O2. The van der Waals surface area contributed by atoms with Crippen molar-refractivity contribution in [1.29, 1.82) is 0 Å². The standard InChI is InChI=1S/C19H18N2O2/c22-13-12-15-7-2-4-10-17(15)20-19(23)21-18-11-5-8-14-6-1-3-9-16(14)18/h1-11,22H,12-13H2,(H2,20,21,23). The molecule has 0 aliphatic heterocycles. The summed E-state index contributed by atoms with van der Waals surface area (Å²) < 4.78 is 0. The van der Waals surface area contributed by atoms with Crippen molar-refractivity contribution in [3.8, 4) is 0 Å². The number of aliphatic hydroxyl groups excluding tert-OH is 1. The summed E-state index contributed by atoms with van der Waals surface area (Å²) in [6.07, 6.45) is 0.505. The van der Waals surface area contributed by atoms with Crippen LogP contribution >= 0.6 is 0 Å². The fourth-order valence-electron chi connectivity index (χ4n) is 2.59. The highest BCUT2D eigenvalue weighted by Gasteiger charge is 2.08. The Bertz CT molecular complexity index is 825. The van der Waals surface area contributed by atoms with Gasteiger partial charge in [-0.3, -0.25) is 0 Å². The van der Waals surface area contributed by atoms with Crippen LogP contribution in [0.2, 0.25) is 0 Å². The van der Waals surface area contributed by atoms with E-state index in [0.29, 0.717) is 12.1 Å². The molecular weight excluding hydrogens is 288 g/mol. The number of benzene rings is 3. The first-order valence-corrected chi connectivity index (χ1v) is 7.52. The van der Waals surface area contributed by atoms with Gasteiger partial charge in [-0.1, -0.05) is 54.6 Å². The minimum atomic E-state index is -0.299. The number of carbonyl (C=O) groups is 1. The number of hydrogen-bond acceptors (Lipinski definition) is 2. The molecule has 0 bridgehead atoms. The number of hydrogen-bond donors (Lipinski definition) is 3.